The predicted octanol–water partition coefficient (Wildman–Crippen LogP) is 2.83. The van der Waals surface area contributed by atoms with E-state index >= 15 is 0 Å². The summed E-state index contributed by atoms with van der Waals surface area (Å²) in [5.74, 6) is -2.22. The molecule has 1 heterocycles. The zero-order valence-electron chi connectivity index (χ0n) is 15.8. The summed E-state index contributed by atoms with van der Waals surface area (Å²) in [5, 5.41) is 27.4. The van der Waals surface area contributed by atoms with E-state index in [0.29, 0.717) is 5.58 Å². The number of furan rings is 1. The maximum Gasteiger partial charge on any atom is 0.268 e. The lowest BCUT2D eigenvalue weighted by molar-refractivity contribution is -0.170. The van der Waals surface area contributed by atoms with Crippen LogP contribution < -0.4 is 5.32 Å². The molecule has 0 aliphatic heterocycles. The number of rotatable bonds is 7. The van der Waals surface area contributed by atoms with Crippen molar-refractivity contribution >= 4 is 42.6 Å². The van der Waals surface area contributed by atoms with E-state index in [-0.39, 0.29) is 13.0 Å². The summed E-state index contributed by atoms with van der Waals surface area (Å²) in [7, 11) is -3.95. The number of hydrogen-bond acceptors (Lipinski definition) is 7. The molecule has 4 aromatic rings. The second kappa shape index (κ2) is 7.40. The molecule has 0 saturated carbocycles. The van der Waals surface area contributed by atoms with Crippen LogP contribution >= 0.6 is 0 Å². The molecule has 3 aromatic carbocycles. The summed E-state index contributed by atoms with van der Waals surface area (Å²) < 4.78 is 33.6. The Balaban J connectivity index is 1.84. The molecule has 0 aliphatic carbocycles. The van der Waals surface area contributed by atoms with Gasteiger partial charge in [0.25, 0.3) is 10.1 Å². The molecule has 7 nitrogen and oxygen atoms in total. The minimum Gasteiger partial charge on any atom is -0.464 e. The molecule has 1 atom stereocenters. The maximum atomic E-state index is 11.5. The normalized spacial score (nSPS) is 14.6. The first-order valence-corrected chi connectivity index (χ1v) is 10.9. The van der Waals surface area contributed by atoms with Gasteiger partial charge < -0.3 is 14.6 Å². The minimum atomic E-state index is -3.95. The number of aliphatic hydroxyl groups excluding tert-OH is 1. The Hall–Kier alpha value is -2.49. The van der Waals surface area contributed by atoms with E-state index in [0.717, 1.165) is 38.8 Å². The van der Waals surface area contributed by atoms with Gasteiger partial charge in [-0.25, -0.2) is 4.18 Å². The van der Waals surface area contributed by atoms with Crippen LogP contribution in [0.25, 0.3) is 32.5 Å². The highest BCUT2D eigenvalue weighted by Gasteiger charge is 2.32. The van der Waals surface area contributed by atoms with Gasteiger partial charge in [-0.05, 0) is 33.9 Å². The first-order chi connectivity index (χ1) is 13.8. The van der Waals surface area contributed by atoms with Crippen LogP contribution in [-0.4, -0.2) is 37.4 Å². The van der Waals surface area contributed by atoms with E-state index in [1.165, 1.54) is 0 Å². The van der Waals surface area contributed by atoms with Crippen molar-refractivity contribution in [2.45, 2.75) is 18.9 Å². The zero-order chi connectivity index (χ0) is 20.6. The van der Waals surface area contributed by atoms with Crippen molar-refractivity contribution in [1.29, 1.82) is 0 Å². The van der Waals surface area contributed by atoms with Crippen molar-refractivity contribution in [3.63, 3.8) is 0 Å². The quantitative estimate of drug-likeness (QED) is 0.242. The van der Waals surface area contributed by atoms with E-state index in [1.807, 2.05) is 48.5 Å². The Labute approximate surface area is 167 Å². The first kappa shape index (κ1) is 19.8. The molecule has 4 rings (SSSR count). The highest BCUT2D eigenvalue weighted by molar-refractivity contribution is 7.86. The molecule has 3 N–H and O–H groups in total. The molecule has 0 radical (unpaired) electrons. The summed E-state index contributed by atoms with van der Waals surface area (Å²) >= 11 is 0. The van der Waals surface area contributed by atoms with Crippen LogP contribution in [0.1, 0.15) is 12.0 Å². The number of aliphatic hydroxyl groups is 2. The van der Waals surface area contributed by atoms with Gasteiger partial charge in [-0.3, -0.25) is 5.32 Å². The molecule has 0 aliphatic rings. The van der Waals surface area contributed by atoms with Crippen LogP contribution in [0.4, 0.5) is 0 Å². The molecule has 8 heteroatoms. The summed E-state index contributed by atoms with van der Waals surface area (Å²) in [6.07, 6.45) is 2.14. The van der Waals surface area contributed by atoms with Crippen LogP contribution in [0.5, 0.6) is 0 Å². The molecule has 0 saturated heterocycles. The molecular formula is C21H21NO6S. The van der Waals surface area contributed by atoms with Gasteiger partial charge in [-0.2, -0.15) is 8.42 Å². The van der Waals surface area contributed by atoms with Gasteiger partial charge >= 0.3 is 0 Å². The molecule has 0 amide bonds. The van der Waals surface area contributed by atoms with Gasteiger partial charge in [0.15, 0.2) is 0 Å². The molecule has 1 unspecified atom stereocenters. The van der Waals surface area contributed by atoms with E-state index < -0.39 is 22.6 Å². The van der Waals surface area contributed by atoms with E-state index in [2.05, 4.69) is 5.32 Å². The standard InChI is InChI=1S/C21H21NO6S/c1-29(25,26)28-21(24,9-10-23)22-13-16-12-15-4-2-3-5-17(15)18-7-6-14-8-11-27-20(14)19(16)18/h2-8,11-12,22-24H,9-10,13H2,1H3. The smallest absolute Gasteiger partial charge is 0.268 e. The van der Waals surface area contributed by atoms with E-state index in [4.69, 9.17) is 8.60 Å². The van der Waals surface area contributed by atoms with Crippen LogP contribution in [0.15, 0.2) is 59.2 Å². The van der Waals surface area contributed by atoms with Gasteiger partial charge in [0.2, 0.25) is 5.91 Å². The lowest BCUT2D eigenvalue weighted by atomic mass is 9.96. The topological polar surface area (TPSA) is 109 Å². The Bertz CT molecular complexity index is 1300. The Morgan fingerprint density at radius 1 is 1.10 bits per heavy atom. The Kier molecular flexibility index (Phi) is 5.05. The van der Waals surface area contributed by atoms with Crippen LogP contribution in [0.2, 0.25) is 0 Å². The van der Waals surface area contributed by atoms with Gasteiger partial charge in [0.1, 0.15) is 5.58 Å². The van der Waals surface area contributed by atoms with Crippen LogP contribution in [0, 0.1) is 0 Å². The SMILES string of the molecule is CS(=O)(=O)OC(O)(CCO)NCc1cc2ccccc2c2ccc3ccoc3c12. The number of benzene rings is 3. The highest BCUT2D eigenvalue weighted by atomic mass is 32.2. The average molecular weight is 415 g/mol. The molecule has 0 spiro atoms. The van der Waals surface area contributed by atoms with Gasteiger partial charge in [-0.1, -0.05) is 36.4 Å². The number of hydrogen-bond donors (Lipinski definition) is 3. The molecule has 0 fully saturated rings. The Morgan fingerprint density at radius 3 is 2.66 bits per heavy atom. The third-order valence-corrected chi connectivity index (χ3v) is 5.40. The first-order valence-electron chi connectivity index (χ1n) is 9.09. The van der Waals surface area contributed by atoms with Crippen LogP contribution in [-0.2, 0) is 20.8 Å². The summed E-state index contributed by atoms with van der Waals surface area (Å²) in [5.41, 5.74) is 1.51. The fourth-order valence-electron chi connectivity index (χ4n) is 3.64. The fourth-order valence-corrected chi connectivity index (χ4v) is 4.28. The number of fused-ring (bicyclic) bond motifs is 5. The van der Waals surface area contributed by atoms with Gasteiger partial charge in [-0.15, -0.1) is 0 Å². The minimum absolute atomic E-state index is 0.0904. The van der Waals surface area contributed by atoms with Crippen molar-refractivity contribution in [3.05, 3.63) is 60.4 Å². The van der Waals surface area contributed by atoms with Crippen molar-refractivity contribution in [1.82, 2.24) is 5.32 Å². The molecule has 0 bridgehead atoms. The second-order valence-electron chi connectivity index (χ2n) is 6.98. The molecule has 152 valence electrons. The van der Waals surface area contributed by atoms with Gasteiger partial charge in [0, 0.05) is 30.3 Å². The predicted molar refractivity (Wildman–Crippen MR) is 111 cm³/mol. The summed E-state index contributed by atoms with van der Waals surface area (Å²) in [4.78, 5) is 0. The lowest BCUT2D eigenvalue weighted by Gasteiger charge is -2.27. The molecule has 1 aromatic heterocycles. The van der Waals surface area contributed by atoms with Gasteiger partial charge in [0.05, 0.1) is 12.5 Å². The van der Waals surface area contributed by atoms with E-state index in [9.17, 15) is 18.6 Å². The van der Waals surface area contributed by atoms with Crippen molar-refractivity contribution in [3.8, 4) is 0 Å². The van der Waals surface area contributed by atoms with E-state index in [1.54, 1.807) is 6.26 Å². The third-order valence-electron chi connectivity index (χ3n) is 4.82. The second-order valence-corrected chi connectivity index (χ2v) is 8.56. The molecule has 29 heavy (non-hydrogen) atoms. The highest BCUT2D eigenvalue weighted by Crippen LogP contribution is 2.35. The molecular weight excluding hydrogens is 394 g/mol. The average Bonchev–Trinajstić information content (AvgIpc) is 3.13. The summed E-state index contributed by atoms with van der Waals surface area (Å²) in [6, 6.07) is 15.8. The maximum absolute atomic E-state index is 11.5. The zero-order valence-corrected chi connectivity index (χ0v) is 16.6. The third kappa shape index (κ3) is 3.98. The van der Waals surface area contributed by atoms with Crippen molar-refractivity contribution in [2.24, 2.45) is 0 Å². The van der Waals surface area contributed by atoms with Crippen molar-refractivity contribution < 1.29 is 27.2 Å². The van der Waals surface area contributed by atoms with Crippen molar-refractivity contribution in [2.75, 3.05) is 12.9 Å². The monoisotopic (exact) mass is 415 g/mol. The summed E-state index contributed by atoms with van der Waals surface area (Å²) in [6.45, 7) is -0.368. The Morgan fingerprint density at radius 2 is 1.90 bits per heavy atom. The largest absolute Gasteiger partial charge is 0.464 e. The fraction of sp³-hybridized carbons (Fsp3) is 0.238. The van der Waals surface area contributed by atoms with Crippen LogP contribution in [0.3, 0.4) is 0 Å². The number of nitrogens with one attached hydrogen (secondary N) is 1. The lowest BCUT2D eigenvalue weighted by Crippen LogP contribution is -2.49.